The standard InChI is InChI=1S/C20H34N2O5/c1-20(2,3)27-17(23)13-21-18(24)14-8-7-9-15(12-14)22-19(25)26-16-10-5-4-6-11-16/h14-16H,4-13H2,1-3H3,(H,21,24)(H,22,25). The van der Waals surface area contributed by atoms with E-state index < -0.39 is 11.6 Å². The molecule has 2 aliphatic carbocycles. The molecule has 2 atom stereocenters. The first-order valence-corrected chi connectivity index (χ1v) is 10.2. The lowest BCUT2D eigenvalue weighted by atomic mass is 9.85. The van der Waals surface area contributed by atoms with E-state index in [-0.39, 0.29) is 36.6 Å². The maximum absolute atomic E-state index is 12.4. The first kappa shape index (κ1) is 21.5. The summed E-state index contributed by atoms with van der Waals surface area (Å²) in [6.07, 6.45) is 8.00. The Balaban J connectivity index is 1.71. The molecule has 7 heteroatoms. The van der Waals surface area contributed by atoms with Crippen LogP contribution in [0, 0.1) is 5.92 Å². The highest BCUT2D eigenvalue weighted by molar-refractivity contribution is 5.83. The first-order valence-electron chi connectivity index (χ1n) is 10.2. The van der Waals surface area contributed by atoms with Crippen LogP contribution in [0.15, 0.2) is 0 Å². The lowest BCUT2D eigenvalue weighted by molar-refractivity contribution is -0.154. The smallest absolute Gasteiger partial charge is 0.407 e. The number of rotatable bonds is 5. The van der Waals surface area contributed by atoms with Crippen LogP contribution in [0.25, 0.3) is 0 Å². The number of amides is 2. The summed E-state index contributed by atoms with van der Waals surface area (Å²) in [5.74, 6) is -0.813. The Kier molecular flexibility index (Phi) is 7.92. The zero-order valence-electron chi connectivity index (χ0n) is 16.8. The van der Waals surface area contributed by atoms with E-state index in [1.807, 2.05) is 0 Å². The number of esters is 1. The maximum Gasteiger partial charge on any atom is 0.407 e. The summed E-state index contributed by atoms with van der Waals surface area (Å²) in [7, 11) is 0. The van der Waals surface area contributed by atoms with Crippen LogP contribution < -0.4 is 10.6 Å². The van der Waals surface area contributed by atoms with Crippen LogP contribution in [0.1, 0.15) is 78.6 Å². The number of alkyl carbamates (subject to hydrolysis) is 1. The van der Waals surface area contributed by atoms with E-state index >= 15 is 0 Å². The van der Waals surface area contributed by atoms with Crippen LogP contribution in [0.2, 0.25) is 0 Å². The van der Waals surface area contributed by atoms with Crippen molar-refractivity contribution in [2.75, 3.05) is 6.54 Å². The molecule has 154 valence electrons. The van der Waals surface area contributed by atoms with Crippen LogP contribution in [0.4, 0.5) is 4.79 Å². The molecular weight excluding hydrogens is 348 g/mol. The van der Waals surface area contributed by atoms with Crippen molar-refractivity contribution < 1.29 is 23.9 Å². The fraction of sp³-hybridized carbons (Fsp3) is 0.850. The third-order valence-corrected chi connectivity index (χ3v) is 5.02. The van der Waals surface area contributed by atoms with Crippen molar-refractivity contribution >= 4 is 18.0 Å². The van der Waals surface area contributed by atoms with Crippen molar-refractivity contribution in [1.82, 2.24) is 10.6 Å². The van der Waals surface area contributed by atoms with Gasteiger partial charge >= 0.3 is 12.1 Å². The van der Waals surface area contributed by atoms with Crippen molar-refractivity contribution in [3.63, 3.8) is 0 Å². The van der Waals surface area contributed by atoms with Crippen molar-refractivity contribution in [2.24, 2.45) is 5.92 Å². The minimum Gasteiger partial charge on any atom is -0.459 e. The van der Waals surface area contributed by atoms with Gasteiger partial charge < -0.3 is 20.1 Å². The third-order valence-electron chi connectivity index (χ3n) is 5.02. The average Bonchev–Trinajstić information content (AvgIpc) is 2.59. The SMILES string of the molecule is CC(C)(C)OC(=O)CNC(=O)C1CCCC(NC(=O)OC2CCCCC2)C1. The topological polar surface area (TPSA) is 93.7 Å². The fourth-order valence-electron chi connectivity index (χ4n) is 3.78. The Labute approximate surface area is 161 Å². The maximum atomic E-state index is 12.4. The van der Waals surface area contributed by atoms with Gasteiger partial charge in [-0.2, -0.15) is 0 Å². The number of nitrogens with one attached hydrogen (secondary N) is 2. The molecule has 0 bridgehead atoms. The molecule has 2 amide bonds. The molecule has 0 aliphatic heterocycles. The van der Waals surface area contributed by atoms with E-state index in [4.69, 9.17) is 9.47 Å². The number of hydrogen-bond donors (Lipinski definition) is 2. The number of carbonyl (C=O) groups is 3. The lowest BCUT2D eigenvalue weighted by Crippen LogP contribution is -2.44. The van der Waals surface area contributed by atoms with E-state index in [1.54, 1.807) is 20.8 Å². The number of carbonyl (C=O) groups excluding carboxylic acids is 3. The molecule has 0 saturated heterocycles. The summed E-state index contributed by atoms with van der Waals surface area (Å²) >= 11 is 0. The fourth-order valence-corrected chi connectivity index (χ4v) is 3.78. The summed E-state index contributed by atoms with van der Waals surface area (Å²) in [4.78, 5) is 36.2. The molecule has 2 N–H and O–H groups in total. The van der Waals surface area contributed by atoms with Gasteiger partial charge in [0.1, 0.15) is 18.2 Å². The van der Waals surface area contributed by atoms with E-state index in [9.17, 15) is 14.4 Å². The van der Waals surface area contributed by atoms with Crippen LogP contribution in [-0.2, 0) is 19.1 Å². The molecule has 2 unspecified atom stereocenters. The Morgan fingerprint density at radius 2 is 1.67 bits per heavy atom. The van der Waals surface area contributed by atoms with Gasteiger partial charge in [0.05, 0.1) is 0 Å². The summed E-state index contributed by atoms with van der Waals surface area (Å²) in [6.45, 7) is 5.23. The molecule has 0 aromatic carbocycles. The highest BCUT2D eigenvalue weighted by Gasteiger charge is 2.29. The molecule has 27 heavy (non-hydrogen) atoms. The molecular formula is C20H34N2O5. The van der Waals surface area contributed by atoms with Crippen LogP contribution in [0.3, 0.4) is 0 Å². The monoisotopic (exact) mass is 382 g/mol. The molecule has 2 rings (SSSR count). The van der Waals surface area contributed by atoms with Gasteiger partial charge in [0, 0.05) is 12.0 Å². The normalized spacial score (nSPS) is 24.0. The summed E-state index contributed by atoms with van der Waals surface area (Å²) in [6, 6.07) is -0.0629. The van der Waals surface area contributed by atoms with E-state index in [0.29, 0.717) is 6.42 Å². The quantitative estimate of drug-likeness (QED) is 0.713. The van der Waals surface area contributed by atoms with Gasteiger partial charge in [-0.05, 0) is 65.7 Å². The van der Waals surface area contributed by atoms with Crippen molar-refractivity contribution in [2.45, 2.75) is 96.3 Å². The second-order valence-corrected chi connectivity index (χ2v) is 8.67. The summed E-state index contributed by atoms with van der Waals surface area (Å²) < 4.78 is 10.7. The second kappa shape index (κ2) is 9.95. The summed E-state index contributed by atoms with van der Waals surface area (Å²) in [5, 5.41) is 5.57. The predicted octanol–water partition coefficient (Wildman–Crippen LogP) is 3.06. The van der Waals surface area contributed by atoms with Crippen molar-refractivity contribution in [3.8, 4) is 0 Å². The van der Waals surface area contributed by atoms with Crippen LogP contribution in [0.5, 0.6) is 0 Å². The second-order valence-electron chi connectivity index (χ2n) is 8.67. The van der Waals surface area contributed by atoms with Gasteiger partial charge in [-0.3, -0.25) is 9.59 Å². The lowest BCUT2D eigenvalue weighted by Gasteiger charge is -2.30. The third kappa shape index (κ3) is 8.18. The number of hydrogen-bond acceptors (Lipinski definition) is 5. The van der Waals surface area contributed by atoms with Gasteiger partial charge in [0.15, 0.2) is 0 Å². The van der Waals surface area contributed by atoms with Gasteiger partial charge in [-0.15, -0.1) is 0 Å². The molecule has 7 nitrogen and oxygen atoms in total. The van der Waals surface area contributed by atoms with Crippen molar-refractivity contribution in [1.29, 1.82) is 0 Å². The highest BCUT2D eigenvalue weighted by atomic mass is 16.6. The molecule has 0 heterocycles. The molecule has 0 aromatic rings. The molecule has 0 aromatic heterocycles. The largest absolute Gasteiger partial charge is 0.459 e. The number of ether oxygens (including phenoxy) is 2. The molecule has 2 fully saturated rings. The zero-order chi connectivity index (χ0) is 19.9. The van der Waals surface area contributed by atoms with Gasteiger partial charge in [-0.1, -0.05) is 12.8 Å². The minimum absolute atomic E-state index is 0.0234. The molecule has 0 radical (unpaired) electrons. The van der Waals surface area contributed by atoms with Crippen LogP contribution >= 0.6 is 0 Å². The Hall–Kier alpha value is -1.79. The van der Waals surface area contributed by atoms with E-state index in [0.717, 1.165) is 44.9 Å². The van der Waals surface area contributed by atoms with E-state index in [1.165, 1.54) is 6.42 Å². The molecule has 2 aliphatic rings. The first-order chi connectivity index (χ1) is 12.7. The minimum atomic E-state index is -0.569. The van der Waals surface area contributed by atoms with Crippen LogP contribution in [-0.4, -0.2) is 42.3 Å². The summed E-state index contributed by atoms with van der Waals surface area (Å²) in [5.41, 5.74) is -0.569. The zero-order valence-corrected chi connectivity index (χ0v) is 16.8. The van der Waals surface area contributed by atoms with Crippen molar-refractivity contribution in [3.05, 3.63) is 0 Å². The van der Waals surface area contributed by atoms with E-state index in [2.05, 4.69) is 10.6 Å². The van der Waals surface area contributed by atoms with Gasteiger partial charge in [-0.25, -0.2) is 4.79 Å². The Bertz CT molecular complexity index is 523. The average molecular weight is 383 g/mol. The predicted molar refractivity (Wildman–Crippen MR) is 101 cm³/mol. The molecule has 0 spiro atoms. The Morgan fingerprint density at radius 3 is 2.33 bits per heavy atom. The van der Waals surface area contributed by atoms with Gasteiger partial charge in [0.2, 0.25) is 5.91 Å². The van der Waals surface area contributed by atoms with Gasteiger partial charge in [0.25, 0.3) is 0 Å². The Morgan fingerprint density at radius 1 is 0.963 bits per heavy atom. The highest BCUT2D eigenvalue weighted by Crippen LogP contribution is 2.25. The molecule has 2 saturated carbocycles.